The average molecular weight is 298 g/mol. The molecule has 1 aliphatic rings. The van der Waals surface area contributed by atoms with Gasteiger partial charge in [0.25, 0.3) is 0 Å². The Balaban J connectivity index is 2.23. The van der Waals surface area contributed by atoms with Crippen LogP contribution in [0.1, 0.15) is 38.2 Å². The van der Waals surface area contributed by atoms with E-state index in [9.17, 15) is 5.11 Å². The van der Waals surface area contributed by atoms with Crippen LogP contribution in [0.2, 0.25) is 0 Å². The highest BCUT2D eigenvalue weighted by molar-refractivity contribution is 9.10. The number of aliphatic hydroxyl groups excluding tert-OH is 1. The van der Waals surface area contributed by atoms with Crippen molar-refractivity contribution in [1.82, 2.24) is 0 Å². The molecule has 0 spiro atoms. The topological polar surface area (TPSA) is 23.5 Å². The molecule has 1 aromatic rings. The first-order valence-electron chi connectivity index (χ1n) is 6.42. The Morgan fingerprint density at radius 3 is 2.76 bits per heavy atom. The van der Waals surface area contributed by atoms with Gasteiger partial charge in [-0.3, -0.25) is 0 Å². The Labute approximate surface area is 112 Å². The van der Waals surface area contributed by atoms with Crippen LogP contribution < -0.4 is 4.90 Å². The summed E-state index contributed by atoms with van der Waals surface area (Å²) in [5.41, 5.74) is 2.24. The van der Waals surface area contributed by atoms with Crippen LogP contribution in [0.4, 0.5) is 5.69 Å². The molecule has 0 unspecified atom stereocenters. The van der Waals surface area contributed by atoms with E-state index in [-0.39, 0.29) is 6.61 Å². The predicted octanol–water partition coefficient (Wildman–Crippen LogP) is 3.71. The molecule has 0 heterocycles. The molecule has 0 aliphatic heterocycles. The minimum absolute atomic E-state index is 0.123. The molecule has 1 N–H and O–H groups in total. The summed E-state index contributed by atoms with van der Waals surface area (Å²) in [6.45, 7) is 3.45. The molecule has 0 bridgehead atoms. The van der Waals surface area contributed by atoms with Gasteiger partial charge in [-0.15, -0.1) is 0 Å². The first-order chi connectivity index (χ1) is 8.26. The van der Waals surface area contributed by atoms with Crippen molar-refractivity contribution < 1.29 is 5.11 Å². The summed E-state index contributed by atoms with van der Waals surface area (Å²) in [5, 5.41) is 9.44. The van der Waals surface area contributed by atoms with Crippen molar-refractivity contribution in [3.8, 4) is 0 Å². The lowest BCUT2D eigenvalue weighted by Crippen LogP contribution is -2.27. The van der Waals surface area contributed by atoms with Gasteiger partial charge in [0, 0.05) is 28.3 Å². The maximum Gasteiger partial charge on any atom is 0.0702 e. The SMILES string of the molecule is CCCCN(c1cc(Br)ccc1CO)C1CC1. The van der Waals surface area contributed by atoms with Crippen molar-refractivity contribution in [3.63, 3.8) is 0 Å². The van der Waals surface area contributed by atoms with E-state index in [0.717, 1.165) is 16.6 Å². The molecular weight excluding hydrogens is 278 g/mol. The van der Waals surface area contributed by atoms with Crippen LogP contribution in [0.15, 0.2) is 22.7 Å². The largest absolute Gasteiger partial charge is 0.392 e. The number of rotatable bonds is 6. The first kappa shape index (κ1) is 12.9. The lowest BCUT2D eigenvalue weighted by atomic mass is 10.1. The van der Waals surface area contributed by atoms with E-state index in [1.807, 2.05) is 12.1 Å². The summed E-state index contributed by atoms with van der Waals surface area (Å²) in [6, 6.07) is 6.85. The number of hydrogen-bond acceptors (Lipinski definition) is 2. The molecule has 94 valence electrons. The quantitative estimate of drug-likeness (QED) is 0.865. The highest BCUT2D eigenvalue weighted by Gasteiger charge is 2.29. The Hall–Kier alpha value is -0.540. The third kappa shape index (κ3) is 3.23. The zero-order chi connectivity index (χ0) is 12.3. The second-order valence-corrected chi connectivity index (χ2v) is 5.62. The van der Waals surface area contributed by atoms with Crippen LogP contribution >= 0.6 is 15.9 Å². The molecule has 0 saturated heterocycles. The van der Waals surface area contributed by atoms with E-state index in [1.165, 1.54) is 31.4 Å². The molecule has 2 nitrogen and oxygen atoms in total. The van der Waals surface area contributed by atoms with Gasteiger partial charge in [0.05, 0.1) is 6.61 Å². The van der Waals surface area contributed by atoms with Crippen LogP contribution in [-0.4, -0.2) is 17.7 Å². The van der Waals surface area contributed by atoms with Crippen LogP contribution in [0.5, 0.6) is 0 Å². The van der Waals surface area contributed by atoms with Gasteiger partial charge in [-0.25, -0.2) is 0 Å². The average Bonchev–Trinajstić information content (AvgIpc) is 3.14. The number of nitrogens with zero attached hydrogens (tertiary/aromatic N) is 1. The van der Waals surface area contributed by atoms with E-state index in [1.54, 1.807) is 0 Å². The predicted molar refractivity (Wildman–Crippen MR) is 75.3 cm³/mol. The first-order valence-corrected chi connectivity index (χ1v) is 7.21. The highest BCUT2D eigenvalue weighted by Crippen LogP contribution is 2.35. The van der Waals surface area contributed by atoms with Crippen molar-refractivity contribution in [1.29, 1.82) is 0 Å². The molecule has 1 fully saturated rings. The Morgan fingerprint density at radius 1 is 1.41 bits per heavy atom. The van der Waals surface area contributed by atoms with Gasteiger partial charge < -0.3 is 10.0 Å². The van der Waals surface area contributed by atoms with Crippen molar-refractivity contribution in [2.75, 3.05) is 11.4 Å². The van der Waals surface area contributed by atoms with Crippen molar-refractivity contribution in [2.45, 2.75) is 45.3 Å². The zero-order valence-electron chi connectivity index (χ0n) is 10.3. The second kappa shape index (κ2) is 5.87. The van der Waals surface area contributed by atoms with E-state index in [0.29, 0.717) is 6.04 Å². The Bertz CT molecular complexity index is 376. The van der Waals surface area contributed by atoms with Crippen LogP contribution in [-0.2, 0) is 6.61 Å². The summed E-state index contributed by atoms with van der Waals surface area (Å²) in [6.07, 6.45) is 5.02. The number of hydrogen-bond donors (Lipinski definition) is 1. The number of halogens is 1. The molecule has 0 radical (unpaired) electrons. The van der Waals surface area contributed by atoms with Gasteiger partial charge in [-0.05, 0) is 31.4 Å². The third-order valence-electron chi connectivity index (χ3n) is 3.27. The summed E-state index contributed by atoms with van der Waals surface area (Å²) in [5.74, 6) is 0. The van der Waals surface area contributed by atoms with Gasteiger partial charge in [-0.1, -0.05) is 35.3 Å². The molecule has 0 amide bonds. The van der Waals surface area contributed by atoms with Gasteiger partial charge in [0.15, 0.2) is 0 Å². The molecular formula is C14H20BrNO. The molecule has 0 atom stereocenters. The van der Waals surface area contributed by atoms with Gasteiger partial charge >= 0.3 is 0 Å². The number of benzene rings is 1. The fourth-order valence-electron chi connectivity index (χ4n) is 2.15. The third-order valence-corrected chi connectivity index (χ3v) is 3.76. The molecule has 1 aromatic carbocycles. The van der Waals surface area contributed by atoms with Crippen LogP contribution in [0.25, 0.3) is 0 Å². The monoisotopic (exact) mass is 297 g/mol. The van der Waals surface area contributed by atoms with E-state index in [4.69, 9.17) is 0 Å². The lowest BCUT2D eigenvalue weighted by Gasteiger charge is -2.27. The number of anilines is 1. The van der Waals surface area contributed by atoms with Crippen molar-refractivity contribution >= 4 is 21.6 Å². The molecule has 17 heavy (non-hydrogen) atoms. The highest BCUT2D eigenvalue weighted by atomic mass is 79.9. The molecule has 0 aromatic heterocycles. The fraction of sp³-hybridized carbons (Fsp3) is 0.571. The Kier molecular flexibility index (Phi) is 4.46. The van der Waals surface area contributed by atoms with Crippen LogP contribution in [0, 0.1) is 0 Å². The van der Waals surface area contributed by atoms with Crippen LogP contribution in [0.3, 0.4) is 0 Å². The van der Waals surface area contributed by atoms with E-state index < -0.39 is 0 Å². The number of unbranched alkanes of at least 4 members (excludes halogenated alkanes) is 1. The molecule has 3 heteroatoms. The lowest BCUT2D eigenvalue weighted by molar-refractivity contribution is 0.282. The Morgan fingerprint density at radius 2 is 2.18 bits per heavy atom. The number of aliphatic hydroxyl groups is 1. The van der Waals surface area contributed by atoms with Crippen molar-refractivity contribution in [2.24, 2.45) is 0 Å². The summed E-state index contributed by atoms with van der Waals surface area (Å²) in [7, 11) is 0. The fourth-order valence-corrected chi connectivity index (χ4v) is 2.50. The standard InChI is InChI=1S/C14H20BrNO/c1-2-3-8-16(13-6-7-13)14-9-12(15)5-4-11(14)10-17/h4-5,9,13,17H,2-3,6-8,10H2,1H3. The minimum atomic E-state index is 0.123. The normalized spacial score (nSPS) is 15.0. The van der Waals surface area contributed by atoms with Crippen molar-refractivity contribution in [3.05, 3.63) is 28.2 Å². The van der Waals surface area contributed by atoms with E-state index in [2.05, 4.69) is 33.8 Å². The smallest absolute Gasteiger partial charge is 0.0702 e. The van der Waals surface area contributed by atoms with Gasteiger partial charge in [0.2, 0.25) is 0 Å². The zero-order valence-corrected chi connectivity index (χ0v) is 11.9. The van der Waals surface area contributed by atoms with Gasteiger partial charge in [-0.2, -0.15) is 0 Å². The van der Waals surface area contributed by atoms with E-state index >= 15 is 0 Å². The second-order valence-electron chi connectivity index (χ2n) is 4.71. The maximum absolute atomic E-state index is 9.44. The molecule has 1 saturated carbocycles. The molecule has 1 aliphatic carbocycles. The molecule has 2 rings (SSSR count). The minimum Gasteiger partial charge on any atom is -0.392 e. The summed E-state index contributed by atoms with van der Waals surface area (Å²) >= 11 is 3.52. The maximum atomic E-state index is 9.44. The summed E-state index contributed by atoms with van der Waals surface area (Å²) < 4.78 is 1.09. The summed E-state index contributed by atoms with van der Waals surface area (Å²) in [4.78, 5) is 2.47. The van der Waals surface area contributed by atoms with Gasteiger partial charge in [0.1, 0.15) is 0 Å².